The molecule has 0 radical (unpaired) electrons. The zero-order chi connectivity index (χ0) is 37.0. The van der Waals surface area contributed by atoms with Crippen LogP contribution in [0.25, 0.3) is 0 Å². The van der Waals surface area contributed by atoms with Gasteiger partial charge in [-0.3, -0.25) is 9.59 Å². The number of ether oxygens (including phenoxy) is 1. The lowest BCUT2D eigenvalue weighted by atomic mass is 9.86. The number of amides is 2. The molecule has 13 heteroatoms. The van der Waals surface area contributed by atoms with Crippen LogP contribution in [0.4, 0.5) is 0 Å². The molecule has 2 amide bonds. The van der Waals surface area contributed by atoms with E-state index in [-0.39, 0.29) is 11.4 Å². The first-order valence-corrected chi connectivity index (χ1v) is 18.4. The minimum atomic E-state index is -4.49. The Labute approximate surface area is 307 Å². The summed E-state index contributed by atoms with van der Waals surface area (Å²) in [5.74, 6) is -4.34. The van der Waals surface area contributed by atoms with Gasteiger partial charge in [-0.15, -0.1) is 0 Å². The lowest BCUT2D eigenvalue weighted by Gasteiger charge is -2.36. The van der Waals surface area contributed by atoms with E-state index < -0.39 is 62.1 Å². The summed E-state index contributed by atoms with van der Waals surface area (Å²) in [6.45, 7) is -0.00103. The number of hydrogen-bond acceptors (Lipinski definition) is 7. The number of carboxylic acids is 2. The Morgan fingerprint density at radius 2 is 1.38 bits per heavy atom. The van der Waals surface area contributed by atoms with E-state index in [4.69, 9.17) is 4.74 Å². The minimum absolute atomic E-state index is 0.00103. The topological polar surface area (TPSA) is 167 Å². The number of carbonyl (C=O) groups excluding carboxylic acids is 2. The van der Waals surface area contributed by atoms with Crippen molar-refractivity contribution in [2.45, 2.75) is 36.7 Å². The number of para-hydroxylation sites is 1. The molecule has 5 aromatic rings. The summed E-state index contributed by atoms with van der Waals surface area (Å²) < 4.78 is 34.4. The normalized spacial score (nSPS) is 13.8. The maximum Gasteiger partial charge on any atom is 0.336 e. The van der Waals surface area contributed by atoms with E-state index >= 15 is 0 Å². The number of carboxylic acid groups (broad SMARTS) is 2. The molecule has 0 bridgehead atoms. The summed E-state index contributed by atoms with van der Waals surface area (Å²) >= 11 is 3.20. The highest BCUT2D eigenvalue weighted by Crippen LogP contribution is 2.37. The molecule has 0 aliphatic heterocycles. The Morgan fingerprint density at radius 3 is 2.10 bits per heavy atom. The third-order valence-electron chi connectivity index (χ3n) is 8.65. The van der Waals surface area contributed by atoms with Crippen LogP contribution >= 0.6 is 15.9 Å². The predicted molar refractivity (Wildman–Crippen MR) is 194 cm³/mol. The van der Waals surface area contributed by atoms with Crippen molar-refractivity contribution in [3.05, 3.63) is 159 Å². The monoisotopic (exact) mass is 782 g/mol. The number of nitrogens with zero attached hydrogens (tertiary/aromatic N) is 1. The van der Waals surface area contributed by atoms with Crippen LogP contribution in [-0.2, 0) is 23.0 Å². The van der Waals surface area contributed by atoms with E-state index in [0.29, 0.717) is 28.0 Å². The molecule has 0 saturated heterocycles. The summed E-state index contributed by atoms with van der Waals surface area (Å²) in [6.07, 6.45) is 2.07. The molecule has 3 N–H and O–H groups in total. The highest BCUT2D eigenvalue weighted by atomic mass is 79.9. The standard InChI is InChI=1S/C39H31BrN2O9S/c40-26-16-18-29(19-17-26)52(49,50)41-36(43)31-21-34(39(47)48)32(22-33(31)38(45)46)37(44)42(35-15-7-10-25-9-4-5-14-30(25)35)23-24-8-6-13-28(20-24)51-27-11-2-1-3-12-27/h1-6,8-9,11-14,16-22,35H,7,10,15,23H2,(H,41,43)(H,45,46)(H,47,48)/t35-/m0/s1. The molecular weight excluding hydrogens is 752 g/mol. The molecule has 0 unspecified atom stereocenters. The van der Waals surface area contributed by atoms with Crippen molar-refractivity contribution in [1.29, 1.82) is 0 Å². The average Bonchev–Trinajstić information content (AvgIpc) is 3.13. The molecule has 52 heavy (non-hydrogen) atoms. The van der Waals surface area contributed by atoms with Gasteiger partial charge in [0.1, 0.15) is 11.5 Å². The largest absolute Gasteiger partial charge is 0.478 e. The quantitative estimate of drug-likeness (QED) is 0.123. The second-order valence-corrected chi connectivity index (χ2v) is 14.6. The van der Waals surface area contributed by atoms with Gasteiger partial charge in [-0.05, 0) is 96.6 Å². The van der Waals surface area contributed by atoms with Crippen molar-refractivity contribution in [3.63, 3.8) is 0 Å². The van der Waals surface area contributed by atoms with Crippen molar-refractivity contribution in [1.82, 2.24) is 9.62 Å². The lowest BCUT2D eigenvalue weighted by Crippen LogP contribution is -2.37. The van der Waals surface area contributed by atoms with Gasteiger partial charge in [0.2, 0.25) is 0 Å². The smallest absolute Gasteiger partial charge is 0.336 e. The fraction of sp³-hybridized carbons (Fsp3) is 0.128. The van der Waals surface area contributed by atoms with E-state index in [1.165, 1.54) is 29.2 Å². The average molecular weight is 784 g/mol. The maximum absolute atomic E-state index is 14.7. The van der Waals surface area contributed by atoms with Crippen LogP contribution in [0.5, 0.6) is 11.5 Å². The van der Waals surface area contributed by atoms with E-state index in [1.54, 1.807) is 36.4 Å². The number of sulfonamides is 1. The molecule has 0 aromatic heterocycles. The second kappa shape index (κ2) is 15.2. The van der Waals surface area contributed by atoms with Crippen molar-refractivity contribution in [3.8, 4) is 11.5 Å². The fourth-order valence-corrected chi connectivity index (χ4v) is 7.46. The van der Waals surface area contributed by atoms with Crippen LogP contribution in [0.15, 0.2) is 125 Å². The first-order valence-electron chi connectivity index (χ1n) is 16.1. The Morgan fingerprint density at radius 1 is 0.750 bits per heavy atom. The molecule has 11 nitrogen and oxygen atoms in total. The second-order valence-electron chi connectivity index (χ2n) is 12.0. The molecule has 0 spiro atoms. The van der Waals surface area contributed by atoms with Gasteiger partial charge in [-0.1, -0.05) is 70.5 Å². The zero-order valence-corrected chi connectivity index (χ0v) is 29.8. The summed E-state index contributed by atoms with van der Waals surface area (Å²) in [5, 5.41) is 20.5. The number of aromatic carboxylic acids is 2. The van der Waals surface area contributed by atoms with Gasteiger partial charge in [0.05, 0.1) is 33.2 Å². The van der Waals surface area contributed by atoms with Crippen molar-refractivity contribution >= 4 is 49.7 Å². The van der Waals surface area contributed by atoms with Crippen molar-refractivity contribution in [2.24, 2.45) is 0 Å². The van der Waals surface area contributed by atoms with E-state index in [9.17, 15) is 37.8 Å². The predicted octanol–water partition coefficient (Wildman–Crippen LogP) is 7.48. The molecule has 264 valence electrons. The van der Waals surface area contributed by atoms with E-state index in [1.807, 2.05) is 47.2 Å². The molecule has 5 aromatic carbocycles. The lowest BCUT2D eigenvalue weighted by molar-refractivity contribution is 0.0614. The maximum atomic E-state index is 14.7. The van der Waals surface area contributed by atoms with Crippen LogP contribution in [0.2, 0.25) is 0 Å². The first kappa shape index (κ1) is 36.0. The van der Waals surface area contributed by atoms with Crippen LogP contribution < -0.4 is 9.46 Å². The van der Waals surface area contributed by atoms with Crippen LogP contribution in [-0.4, -0.2) is 47.3 Å². The summed E-state index contributed by atoms with van der Waals surface area (Å²) in [7, 11) is -4.49. The van der Waals surface area contributed by atoms with E-state index in [2.05, 4.69) is 15.9 Å². The van der Waals surface area contributed by atoms with E-state index in [0.717, 1.165) is 36.1 Å². The molecule has 0 saturated carbocycles. The Kier molecular flexibility index (Phi) is 10.5. The summed E-state index contributed by atoms with van der Waals surface area (Å²) in [4.78, 5) is 54.5. The molecule has 6 rings (SSSR count). The van der Waals surface area contributed by atoms with Crippen molar-refractivity contribution in [2.75, 3.05) is 0 Å². The number of fused-ring (bicyclic) bond motifs is 1. The Balaban J connectivity index is 1.41. The highest BCUT2D eigenvalue weighted by Gasteiger charge is 2.34. The number of halogens is 1. The van der Waals surface area contributed by atoms with Gasteiger partial charge < -0.3 is 19.8 Å². The van der Waals surface area contributed by atoms with Crippen LogP contribution in [0.1, 0.15) is 77.0 Å². The molecule has 1 aliphatic rings. The van der Waals surface area contributed by atoms with Gasteiger partial charge in [-0.25, -0.2) is 22.7 Å². The Bertz CT molecular complexity index is 2300. The summed E-state index contributed by atoms with van der Waals surface area (Å²) in [5.41, 5.74) is -0.0750. The molecule has 1 aliphatic carbocycles. The zero-order valence-electron chi connectivity index (χ0n) is 27.4. The molecule has 1 atom stereocenters. The van der Waals surface area contributed by atoms with Gasteiger partial charge >= 0.3 is 11.9 Å². The Hall–Kier alpha value is -5.79. The van der Waals surface area contributed by atoms with Gasteiger partial charge in [-0.2, -0.15) is 0 Å². The number of carbonyl (C=O) groups is 4. The first-order chi connectivity index (χ1) is 24.9. The molecular formula is C39H31BrN2O9S. The highest BCUT2D eigenvalue weighted by molar-refractivity contribution is 9.10. The summed E-state index contributed by atoms with van der Waals surface area (Å²) in [6, 6.07) is 30.2. The van der Waals surface area contributed by atoms with Gasteiger partial charge in [0.25, 0.3) is 21.8 Å². The third kappa shape index (κ3) is 7.90. The number of nitrogens with one attached hydrogen (secondary N) is 1. The molecule has 0 fully saturated rings. The van der Waals surface area contributed by atoms with Crippen LogP contribution in [0.3, 0.4) is 0 Å². The fourth-order valence-electron chi connectivity index (χ4n) is 6.23. The van der Waals surface area contributed by atoms with Gasteiger partial charge in [0, 0.05) is 11.0 Å². The minimum Gasteiger partial charge on any atom is -0.478 e. The number of rotatable bonds is 11. The van der Waals surface area contributed by atoms with Crippen molar-refractivity contribution < 1.29 is 42.5 Å². The van der Waals surface area contributed by atoms with Crippen LogP contribution in [0, 0.1) is 0 Å². The number of benzene rings is 5. The SMILES string of the molecule is O=C(O)c1cc(C(=O)N(Cc2cccc(Oc3ccccc3)c2)[C@H]2CCCc3ccccc32)c(C(=O)O)cc1C(=O)NS(=O)(=O)c1ccc(Br)cc1. The third-order valence-corrected chi connectivity index (χ3v) is 10.5. The number of aryl methyl sites for hydroxylation is 1. The molecule has 0 heterocycles. The van der Waals surface area contributed by atoms with Gasteiger partial charge in [0.15, 0.2) is 0 Å². The number of hydrogen-bond donors (Lipinski definition) is 3.